The molecule has 22 heavy (non-hydrogen) atoms. The van der Waals surface area contributed by atoms with E-state index in [0.29, 0.717) is 22.4 Å². The molecule has 2 aromatic rings. The van der Waals surface area contributed by atoms with Gasteiger partial charge in [0.1, 0.15) is 5.75 Å². The minimum Gasteiger partial charge on any atom is -0.481 e. The van der Waals surface area contributed by atoms with Gasteiger partial charge in [0.05, 0.1) is 0 Å². The number of ether oxygens (including phenoxy) is 1. The maximum absolute atomic E-state index is 12.1. The zero-order chi connectivity index (χ0) is 16.1. The minimum absolute atomic E-state index is 0.213. The van der Waals surface area contributed by atoms with Crippen LogP contribution >= 0.6 is 11.6 Å². The lowest BCUT2D eigenvalue weighted by Crippen LogP contribution is -2.30. The van der Waals surface area contributed by atoms with Crippen molar-refractivity contribution in [3.8, 4) is 5.75 Å². The van der Waals surface area contributed by atoms with Crippen LogP contribution in [0.15, 0.2) is 48.5 Å². The van der Waals surface area contributed by atoms with Crippen LogP contribution in [-0.2, 0) is 4.79 Å². The van der Waals surface area contributed by atoms with Crippen molar-refractivity contribution in [1.29, 1.82) is 0 Å². The quantitative estimate of drug-likeness (QED) is 0.854. The number of hydrogen-bond acceptors (Lipinski definition) is 2. The standard InChI is InChI=1S/C18H20ClNO2/c1-12(2)14-7-9-17(10-8-14)22-13(3)18(21)20-16-6-4-5-15(19)11-16/h4-13H,1-3H3,(H,20,21)/t13-/m0/s1. The van der Waals surface area contributed by atoms with Gasteiger partial charge < -0.3 is 10.1 Å². The maximum atomic E-state index is 12.1. The molecule has 1 amide bonds. The third-order valence-corrected chi connectivity index (χ3v) is 3.56. The van der Waals surface area contributed by atoms with Gasteiger partial charge in [-0.3, -0.25) is 4.79 Å². The van der Waals surface area contributed by atoms with Crippen molar-refractivity contribution >= 4 is 23.2 Å². The average Bonchev–Trinajstić information content (AvgIpc) is 2.47. The second-order valence-electron chi connectivity index (χ2n) is 5.48. The van der Waals surface area contributed by atoms with E-state index in [1.54, 1.807) is 31.2 Å². The predicted octanol–water partition coefficient (Wildman–Crippen LogP) is 4.87. The summed E-state index contributed by atoms with van der Waals surface area (Å²) in [4.78, 5) is 12.1. The number of carbonyl (C=O) groups excluding carboxylic acids is 1. The molecule has 4 heteroatoms. The second-order valence-corrected chi connectivity index (χ2v) is 5.92. The summed E-state index contributed by atoms with van der Waals surface area (Å²) in [7, 11) is 0. The van der Waals surface area contributed by atoms with Crippen molar-refractivity contribution in [2.45, 2.75) is 32.8 Å². The smallest absolute Gasteiger partial charge is 0.265 e. The van der Waals surface area contributed by atoms with E-state index in [-0.39, 0.29) is 5.91 Å². The van der Waals surface area contributed by atoms with Gasteiger partial charge in [-0.15, -0.1) is 0 Å². The zero-order valence-corrected chi connectivity index (χ0v) is 13.7. The first-order valence-corrected chi connectivity index (χ1v) is 7.66. The Balaban J connectivity index is 1.96. The van der Waals surface area contributed by atoms with Crippen LogP contribution in [-0.4, -0.2) is 12.0 Å². The topological polar surface area (TPSA) is 38.3 Å². The molecule has 0 bridgehead atoms. The molecule has 2 rings (SSSR count). The van der Waals surface area contributed by atoms with Crippen LogP contribution in [0.2, 0.25) is 5.02 Å². The van der Waals surface area contributed by atoms with Crippen LogP contribution in [0.5, 0.6) is 5.75 Å². The molecule has 1 N–H and O–H groups in total. The van der Waals surface area contributed by atoms with Gasteiger partial charge in [-0.25, -0.2) is 0 Å². The minimum atomic E-state index is -0.594. The predicted molar refractivity (Wildman–Crippen MR) is 90.7 cm³/mol. The van der Waals surface area contributed by atoms with E-state index in [4.69, 9.17) is 16.3 Å². The maximum Gasteiger partial charge on any atom is 0.265 e. The van der Waals surface area contributed by atoms with Crippen molar-refractivity contribution in [1.82, 2.24) is 0 Å². The number of halogens is 1. The van der Waals surface area contributed by atoms with Crippen LogP contribution in [0.3, 0.4) is 0 Å². The fraction of sp³-hybridized carbons (Fsp3) is 0.278. The van der Waals surface area contributed by atoms with Gasteiger partial charge in [-0.1, -0.05) is 43.6 Å². The number of rotatable bonds is 5. The number of carbonyl (C=O) groups is 1. The molecule has 0 unspecified atom stereocenters. The fourth-order valence-corrected chi connectivity index (χ4v) is 2.19. The lowest BCUT2D eigenvalue weighted by atomic mass is 10.0. The van der Waals surface area contributed by atoms with E-state index in [1.807, 2.05) is 24.3 Å². The summed E-state index contributed by atoms with van der Waals surface area (Å²) < 4.78 is 5.67. The van der Waals surface area contributed by atoms with Gasteiger partial charge in [0, 0.05) is 10.7 Å². The Labute approximate surface area is 136 Å². The van der Waals surface area contributed by atoms with Gasteiger partial charge in [0.15, 0.2) is 6.10 Å². The lowest BCUT2D eigenvalue weighted by molar-refractivity contribution is -0.122. The summed E-state index contributed by atoms with van der Waals surface area (Å²) in [5, 5.41) is 3.36. The highest BCUT2D eigenvalue weighted by Crippen LogP contribution is 2.20. The van der Waals surface area contributed by atoms with Crippen LogP contribution in [0.1, 0.15) is 32.3 Å². The van der Waals surface area contributed by atoms with Gasteiger partial charge in [0.25, 0.3) is 5.91 Å². The molecular weight excluding hydrogens is 298 g/mol. The first kappa shape index (κ1) is 16.4. The Morgan fingerprint density at radius 3 is 2.36 bits per heavy atom. The molecular formula is C18H20ClNO2. The summed E-state index contributed by atoms with van der Waals surface area (Å²) in [5.74, 6) is 0.936. The Bertz CT molecular complexity index is 638. The van der Waals surface area contributed by atoms with Crippen molar-refractivity contribution in [3.05, 3.63) is 59.1 Å². The van der Waals surface area contributed by atoms with E-state index in [0.717, 1.165) is 0 Å². The fourth-order valence-electron chi connectivity index (χ4n) is 2.00. The Kier molecular flexibility index (Phi) is 5.45. The van der Waals surface area contributed by atoms with E-state index in [9.17, 15) is 4.79 Å². The first-order chi connectivity index (χ1) is 10.5. The molecule has 0 aromatic heterocycles. The molecule has 0 aliphatic carbocycles. The van der Waals surface area contributed by atoms with E-state index < -0.39 is 6.10 Å². The summed E-state index contributed by atoms with van der Waals surface area (Å²) in [6, 6.07) is 14.8. The first-order valence-electron chi connectivity index (χ1n) is 7.29. The molecule has 0 radical (unpaired) electrons. The van der Waals surface area contributed by atoms with Crippen molar-refractivity contribution in [2.75, 3.05) is 5.32 Å². The van der Waals surface area contributed by atoms with Crippen LogP contribution in [0.25, 0.3) is 0 Å². The average molecular weight is 318 g/mol. The van der Waals surface area contributed by atoms with Crippen LogP contribution in [0, 0.1) is 0 Å². The summed E-state index contributed by atoms with van der Waals surface area (Å²) in [5.41, 5.74) is 1.89. The highest BCUT2D eigenvalue weighted by molar-refractivity contribution is 6.30. The highest BCUT2D eigenvalue weighted by Gasteiger charge is 2.15. The molecule has 0 aliphatic rings. The second kappa shape index (κ2) is 7.32. The SMILES string of the molecule is CC(C)c1ccc(O[C@@H](C)C(=O)Nc2cccc(Cl)c2)cc1. The monoisotopic (exact) mass is 317 g/mol. The normalized spacial score (nSPS) is 12.0. The molecule has 3 nitrogen and oxygen atoms in total. The molecule has 0 aliphatic heterocycles. The molecule has 116 valence electrons. The van der Waals surface area contributed by atoms with Crippen molar-refractivity contribution < 1.29 is 9.53 Å². The zero-order valence-electron chi connectivity index (χ0n) is 13.0. The number of amides is 1. The van der Waals surface area contributed by atoms with Crippen LogP contribution in [0.4, 0.5) is 5.69 Å². The molecule has 0 heterocycles. The Morgan fingerprint density at radius 1 is 1.09 bits per heavy atom. The van der Waals surface area contributed by atoms with Crippen molar-refractivity contribution in [2.24, 2.45) is 0 Å². The van der Waals surface area contributed by atoms with E-state index in [2.05, 4.69) is 19.2 Å². The molecule has 0 fully saturated rings. The molecule has 0 spiro atoms. The van der Waals surface area contributed by atoms with Gasteiger partial charge in [-0.2, -0.15) is 0 Å². The number of benzene rings is 2. The third-order valence-electron chi connectivity index (χ3n) is 3.32. The number of nitrogens with one attached hydrogen (secondary N) is 1. The molecule has 0 saturated heterocycles. The molecule has 2 aromatic carbocycles. The molecule has 1 atom stereocenters. The van der Waals surface area contributed by atoms with Gasteiger partial charge in [-0.05, 0) is 48.7 Å². The Hall–Kier alpha value is -2.00. The van der Waals surface area contributed by atoms with Gasteiger partial charge in [0.2, 0.25) is 0 Å². The largest absolute Gasteiger partial charge is 0.481 e. The van der Waals surface area contributed by atoms with Crippen molar-refractivity contribution in [3.63, 3.8) is 0 Å². The van der Waals surface area contributed by atoms with Crippen LogP contribution < -0.4 is 10.1 Å². The van der Waals surface area contributed by atoms with E-state index in [1.165, 1.54) is 5.56 Å². The lowest BCUT2D eigenvalue weighted by Gasteiger charge is -2.15. The molecule has 0 saturated carbocycles. The third kappa shape index (κ3) is 4.50. The number of hydrogen-bond donors (Lipinski definition) is 1. The number of anilines is 1. The Morgan fingerprint density at radius 2 is 1.77 bits per heavy atom. The van der Waals surface area contributed by atoms with E-state index >= 15 is 0 Å². The highest BCUT2D eigenvalue weighted by atomic mass is 35.5. The summed E-state index contributed by atoms with van der Waals surface area (Å²) >= 11 is 5.90. The summed E-state index contributed by atoms with van der Waals surface area (Å²) in [6.45, 7) is 5.99. The summed E-state index contributed by atoms with van der Waals surface area (Å²) in [6.07, 6.45) is -0.594. The van der Waals surface area contributed by atoms with Gasteiger partial charge >= 0.3 is 0 Å².